The average Bonchev–Trinajstić information content (AvgIpc) is 2.25. The monoisotopic (exact) mass is 264 g/mol. The van der Waals surface area contributed by atoms with E-state index in [-0.39, 0.29) is 33.0 Å². The topological polar surface area (TPSA) is 94.7 Å². The minimum Gasteiger partial charge on any atom is -0.412 e. The zero-order valence-corrected chi connectivity index (χ0v) is 8.50. The molecule has 1 aromatic rings. The summed E-state index contributed by atoms with van der Waals surface area (Å²) in [5.74, 6) is -0.550. The molecule has 1 heterocycles. The van der Waals surface area contributed by atoms with E-state index < -0.39 is 15.9 Å². The van der Waals surface area contributed by atoms with Crippen LogP contribution in [0.2, 0.25) is 0 Å². The van der Waals surface area contributed by atoms with Gasteiger partial charge in [0.15, 0.2) is 0 Å². The minimum atomic E-state index is -3.55. The van der Waals surface area contributed by atoms with E-state index in [2.05, 4.69) is 0 Å². The number of fused-ring (bicyclic) bond motifs is 1. The molecule has 0 aromatic heterocycles. The summed E-state index contributed by atoms with van der Waals surface area (Å²) in [6.45, 7) is 0. The number of rotatable bonds is 0. The van der Waals surface area contributed by atoms with Crippen LogP contribution in [0.5, 0.6) is 0 Å². The quantitative estimate of drug-likeness (QED) is 0.627. The van der Waals surface area contributed by atoms with E-state index in [4.69, 9.17) is 0 Å². The zero-order valence-electron chi connectivity index (χ0n) is 6.74. The first kappa shape index (κ1) is 13.1. The molecule has 0 aliphatic carbocycles. The van der Waals surface area contributed by atoms with Crippen LogP contribution < -0.4 is 4.72 Å². The van der Waals surface area contributed by atoms with Gasteiger partial charge in [-0.3, -0.25) is 4.79 Å². The van der Waals surface area contributed by atoms with Crippen molar-refractivity contribution in [3.05, 3.63) is 29.8 Å². The molecule has 0 unspecified atom stereocenters. The molecule has 0 fully saturated rings. The number of benzene rings is 1. The first-order valence-electron chi connectivity index (χ1n) is 3.27. The fourth-order valence-electron chi connectivity index (χ4n) is 1.12. The molecule has 1 amide bonds. The molecular formula is C7H7CuNO4S. The van der Waals surface area contributed by atoms with Crippen LogP contribution in [0.15, 0.2) is 29.2 Å². The van der Waals surface area contributed by atoms with Crippen molar-refractivity contribution in [2.45, 2.75) is 4.90 Å². The minimum absolute atomic E-state index is 0. The first-order chi connectivity index (χ1) is 5.61. The van der Waals surface area contributed by atoms with Crippen LogP contribution in [0.1, 0.15) is 10.4 Å². The average molecular weight is 265 g/mol. The third-order valence-electron chi connectivity index (χ3n) is 1.65. The molecule has 1 radical (unpaired) electrons. The molecule has 3 N–H and O–H groups in total. The maximum atomic E-state index is 11.1. The fraction of sp³-hybridized carbons (Fsp3) is 0. The predicted octanol–water partition coefficient (Wildman–Crippen LogP) is -0.709. The molecule has 0 saturated carbocycles. The van der Waals surface area contributed by atoms with E-state index in [1.165, 1.54) is 12.1 Å². The van der Waals surface area contributed by atoms with Gasteiger partial charge < -0.3 is 5.48 Å². The van der Waals surface area contributed by atoms with Crippen molar-refractivity contribution in [2.24, 2.45) is 0 Å². The smallest absolute Gasteiger partial charge is 0.266 e. The first-order valence-corrected chi connectivity index (χ1v) is 4.76. The van der Waals surface area contributed by atoms with E-state index in [1.807, 2.05) is 4.72 Å². The van der Waals surface area contributed by atoms with Crippen molar-refractivity contribution in [1.29, 1.82) is 0 Å². The van der Waals surface area contributed by atoms with Crippen LogP contribution in [0.4, 0.5) is 0 Å². The summed E-state index contributed by atoms with van der Waals surface area (Å²) in [5.41, 5.74) is 0.220. The number of nitrogens with one attached hydrogen (secondary N) is 1. The molecule has 1 aliphatic heterocycles. The second-order valence-corrected chi connectivity index (χ2v) is 4.08. The maximum Gasteiger partial charge on any atom is 0.266 e. The van der Waals surface area contributed by atoms with Gasteiger partial charge in [-0.05, 0) is 12.1 Å². The van der Waals surface area contributed by atoms with E-state index in [9.17, 15) is 13.2 Å². The summed E-state index contributed by atoms with van der Waals surface area (Å²) in [6.07, 6.45) is 0. The van der Waals surface area contributed by atoms with Gasteiger partial charge in [0.2, 0.25) is 0 Å². The van der Waals surface area contributed by atoms with Crippen molar-refractivity contribution in [3.8, 4) is 0 Å². The van der Waals surface area contributed by atoms with E-state index in [0.717, 1.165) is 0 Å². The number of carbonyl (C=O) groups excluding carboxylic acids is 1. The zero-order chi connectivity index (χ0) is 8.77. The Hall–Kier alpha value is -0.881. The summed E-state index contributed by atoms with van der Waals surface area (Å²) in [5, 5.41) is 0. The summed E-state index contributed by atoms with van der Waals surface area (Å²) in [7, 11) is -3.55. The number of hydrogen-bond donors (Lipinski definition) is 1. The van der Waals surface area contributed by atoms with Crippen molar-refractivity contribution in [3.63, 3.8) is 0 Å². The Morgan fingerprint density at radius 3 is 2.29 bits per heavy atom. The third-order valence-corrected chi connectivity index (χ3v) is 3.04. The molecule has 0 bridgehead atoms. The van der Waals surface area contributed by atoms with E-state index in [1.54, 1.807) is 12.1 Å². The molecule has 7 heteroatoms. The molecule has 14 heavy (non-hydrogen) atoms. The second kappa shape index (κ2) is 4.10. The van der Waals surface area contributed by atoms with Gasteiger partial charge in [0.1, 0.15) is 4.90 Å². The second-order valence-electron chi connectivity index (χ2n) is 2.43. The Bertz CT molecular complexity index is 457. The Labute approximate surface area is 91.3 Å². The van der Waals surface area contributed by atoms with Gasteiger partial charge in [0.05, 0.1) is 5.56 Å². The third kappa shape index (κ3) is 1.80. The van der Waals surface area contributed by atoms with Gasteiger partial charge >= 0.3 is 0 Å². The van der Waals surface area contributed by atoms with Gasteiger partial charge in [-0.15, -0.1) is 0 Å². The van der Waals surface area contributed by atoms with E-state index in [0.29, 0.717) is 0 Å². The Morgan fingerprint density at radius 2 is 1.71 bits per heavy atom. The van der Waals surface area contributed by atoms with Gasteiger partial charge in [-0.1, -0.05) is 12.1 Å². The number of carbonyl (C=O) groups is 1. The Balaban J connectivity index is 0.000000845. The SMILES string of the molecule is O.O=C1NS(=O)(=O)c2ccccc21.[Cu]. The van der Waals surface area contributed by atoms with Crippen LogP contribution in [0, 0.1) is 0 Å². The van der Waals surface area contributed by atoms with Gasteiger partial charge in [-0.25, -0.2) is 13.1 Å². The number of sulfonamides is 1. The van der Waals surface area contributed by atoms with Crippen LogP contribution in [0.25, 0.3) is 0 Å². The van der Waals surface area contributed by atoms with Crippen molar-refractivity contribution in [2.75, 3.05) is 0 Å². The molecule has 1 aliphatic rings. The summed E-state index contributed by atoms with van der Waals surface area (Å²) in [4.78, 5) is 11.1. The van der Waals surface area contributed by atoms with Crippen molar-refractivity contribution < 1.29 is 35.8 Å². The molecule has 0 spiro atoms. The van der Waals surface area contributed by atoms with Crippen LogP contribution in [-0.4, -0.2) is 19.8 Å². The fourth-order valence-corrected chi connectivity index (χ4v) is 2.29. The summed E-state index contributed by atoms with van der Waals surface area (Å²) in [6, 6.07) is 6.09. The summed E-state index contributed by atoms with van der Waals surface area (Å²) < 4.78 is 24.2. The van der Waals surface area contributed by atoms with Crippen molar-refractivity contribution >= 4 is 15.9 Å². The molecular weight excluding hydrogens is 258 g/mol. The molecule has 0 atom stereocenters. The molecule has 2 rings (SSSR count). The van der Waals surface area contributed by atoms with Crippen LogP contribution >= 0.6 is 0 Å². The number of hydrogen-bond acceptors (Lipinski definition) is 3. The van der Waals surface area contributed by atoms with Gasteiger partial charge in [0.25, 0.3) is 15.9 Å². The molecule has 1 aromatic carbocycles. The van der Waals surface area contributed by atoms with Crippen molar-refractivity contribution in [1.82, 2.24) is 4.72 Å². The largest absolute Gasteiger partial charge is 0.412 e. The summed E-state index contributed by atoms with van der Waals surface area (Å²) >= 11 is 0. The van der Waals surface area contributed by atoms with Crippen LogP contribution in [0.3, 0.4) is 0 Å². The van der Waals surface area contributed by atoms with Gasteiger partial charge in [0, 0.05) is 17.1 Å². The van der Waals surface area contributed by atoms with Crippen LogP contribution in [-0.2, 0) is 27.1 Å². The predicted molar refractivity (Wildman–Crippen MR) is 44.7 cm³/mol. The normalized spacial score (nSPS) is 15.9. The number of amides is 1. The maximum absolute atomic E-state index is 11.1. The molecule has 5 nitrogen and oxygen atoms in total. The Morgan fingerprint density at radius 1 is 1.14 bits per heavy atom. The Kier molecular flexibility index (Phi) is 3.84. The van der Waals surface area contributed by atoms with E-state index >= 15 is 0 Å². The molecule has 0 saturated heterocycles. The standard InChI is InChI=1S/C7H5NO3S.Cu.H2O/c9-7-5-3-1-2-4-6(5)12(10,11)8-7;;/h1-4H,(H,8,9);;1H2. The molecule has 81 valence electrons. The van der Waals surface area contributed by atoms with Gasteiger partial charge in [-0.2, -0.15) is 0 Å².